The van der Waals surface area contributed by atoms with Crippen molar-refractivity contribution < 1.29 is 0 Å². The first-order chi connectivity index (χ1) is 5.25. The summed E-state index contributed by atoms with van der Waals surface area (Å²) in [6, 6.07) is 6.13. The van der Waals surface area contributed by atoms with Crippen LogP contribution < -0.4 is 0 Å². The molecule has 0 fully saturated rings. The van der Waals surface area contributed by atoms with Gasteiger partial charge in [0.2, 0.25) is 0 Å². The van der Waals surface area contributed by atoms with E-state index in [1.807, 2.05) is 6.07 Å². The Morgan fingerprint density at radius 3 is 2.82 bits per heavy atom. The summed E-state index contributed by atoms with van der Waals surface area (Å²) in [5, 5.41) is 0.846. The fraction of sp³-hybridized carbons (Fsp3) is 0.333. The first-order valence-corrected chi connectivity index (χ1v) is 4.09. The van der Waals surface area contributed by atoms with Crippen molar-refractivity contribution in [2.75, 3.05) is 7.05 Å². The summed E-state index contributed by atoms with van der Waals surface area (Å²) in [7, 11) is 2.12. The van der Waals surface area contributed by atoms with Gasteiger partial charge >= 0.3 is 0 Å². The summed E-state index contributed by atoms with van der Waals surface area (Å²) < 4.78 is 0. The highest BCUT2D eigenvalue weighted by Crippen LogP contribution is 2.23. The lowest BCUT2D eigenvalue weighted by atomic mass is 10.1. The van der Waals surface area contributed by atoms with E-state index in [9.17, 15) is 0 Å². The lowest BCUT2D eigenvalue weighted by Crippen LogP contribution is -2.07. The quantitative estimate of drug-likeness (QED) is 0.573. The van der Waals surface area contributed by atoms with E-state index in [0.29, 0.717) is 0 Å². The Morgan fingerprint density at radius 1 is 1.27 bits per heavy atom. The van der Waals surface area contributed by atoms with Crippen LogP contribution in [0.3, 0.4) is 0 Å². The molecule has 0 radical (unpaired) electrons. The van der Waals surface area contributed by atoms with Gasteiger partial charge in [-0.25, -0.2) is 0 Å². The van der Waals surface area contributed by atoms with Crippen LogP contribution in [-0.2, 0) is 13.1 Å². The third kappa shape index (κ3) is 1.26. The SMILES string of the molecule is CN1Cc2ccc(Cl)cc2C1. The predicted molar refractivity (Wildman–Crippen MR) is 46.6 cm³/mol. The monoisotopic (exact) mass is 167 g/mol. The van der Waals surface area contributed by atoms with Crippen LogP contribution >= 0.6 is 11.6 Å². The van der Waals surface area contributed by atoms with Gasteiger partial charge in [-0.05, 0) is 30.3 Å². The molecule has 0 saturated heterocycles. The standard InChI is InChI=1S/C9H10ClN/c1-11-5-7-2-3-9(10)4-8(7)6-11/h2-4H,5-6H2,1H3. The van der Waals surface area contributed by atoms with Gasteiger partial charge in [-0.3, -0.25) is 4.90 Å². The van der Waals surface area contributed by atoms with Gasteiger partial charge in [0.1, 0.15) is 0 Å². The van der Waals surface area contributed by atoms with E-state index in [-0.39, 0.29) is 0 Å². The smallest absolute Gasteiger partial charge is 0.0409 e. The van der Waals surface area contributed by atoms with Gasteiger partial charge in [0, 0.05) is 18.1 Å². The van der Waals surface area contributed by atoms with E-state index in [4.69, 9.17) is 11.6 Å². The molecule has 0 bridgehead atoms. The Balaban J connectivity index is 2.43. The minimum atomic E-state index is 0.846. The molecule has 1 aliphatic rings. The van der Waals surface area contributed by atoms with Gasteiger partial charge in [0.15, 0.2) is 0 Å². The third-order valence-electron chi connectivity index (χ3n) is 2.05. The van der Waals surface area contributed by atoms with E-state index < -0.39 is 0 Å². The van der Waals surface area contributed by atoms with Gasteiger partial charge in [0.05, 0.1) is 0 Å². The molecule has 0 saturated carbocycles. The molecule has 1 aromatic rings. The van der Waals surface area contributed by atoms with E-state index in [2.05, 4.69) is 24.1 Å². The number of benzene rings is 1. The number of hydrogen-bond acceptors (Lipinski definition) is 1. The number of nitrogens with zero attached hydrogens (tertiary/aromatic N) is 1. The zero-order valence-electron chi connectivity index (χ0n) is 6.47. The molecular formula is C9H10ClN. The van der Waals surface area contributed by atoms with Gasteiger partial charge in [0.25, 0.3) is 0 Å². The second kappa shape index (κ2) is 2.50. The van der Waals surface area contributed by atoms with E-state index in [1.165, 1.54) is 11.1 Å². The molecule has 0 amide bonds. The van der Waals surface area contributed by atoms with Crippen molar-refractivity contribution in [3.63, 3.8) is 0 Å². The lowest BCUT2D eigenvalue weighted by Gasteiger charge is -2.02. The molecule has 11 heavy (non-hydrogen) atoms. The fourth-order valence-corrected chi connectivity index (χ4v) is 1.73. The minimum absolute atomic E-state index is 0.846. The zero-order chi connectivity index (χ0) is 7.84. The topological polar surface area (TPSA) is 3.24 Å². The first kappa shape index (κ1) is 7.14. The van der Waals surface area contributed by atoms with E-state index >= 15 is 0 Å². The van der Waals surface area contributed by atoms with Crippen molar-refractivity contribution in [2.45, 2.75) is 13.1 Å². The predicted octanol–water partition coefficient (Wildman–Crippen LogP) is 2.29. The Hall–Kier alpha value is -0.530. The summed E-state index contributed by atoms with van der Waals surface area (Å²) in [6.07, 6.45) is 0. The lowest BCUT2D eigenvalue weighted by molar-refractivity contribution is 0.353. The Labute approximate surface area is 71.6 Å². The van der Waals surface area contributed by atoms with Crippen molar-refractivity contribution in [1.82, 2.24) is 4.90 Å². The number of fused-ring (bicyclic) bond motifs is 1. The molecule has 1 aliphatic heterocycles. The zero-order valence-corrected chi connectivity index (χ0v) is 7.23. The van der Waals surface area contributed by atoms with Gasteiger partial charge in [-0.1, -0.05) is 17.7 Å². The summed E-state index contributed by atoms with van der Waals surface area (Å²) in [5.41, 5.74) is 2.79. The Morgan fingerprint density at radius 2 is 2.00 bits per heavy atom. The van der Waals surface area contributed by atoms with Crippen LogP contribution in [0.1, 0.15) is 11.1 Å². The highest BCUT2D eigenvalue weighted by Gasteiger charge is 2.14. The molecule has 58 valence electrons. The number of rotatable bonds is 0. The first-order valence-electron chi connectivity index (χ1n) is 3.71. The van der Waals surface area contributed by atoms with Crippen molar-refractivity contribution in [3.8, 4) is 0 Å². The highest BCUT2D eigenvalue weighted by atomic mass is 35.5. The summed E-state index contributed by atoms with van der Waals surface area (Å²) in [5.74, 6) is 0. The van der Waals surface area contributed by atoms with Crippen molar-refractivity contribution in [2.24, 2.45) is 0 Å². The van der Waals surface area contributed by atoms with Crippen LogP contribution in [0, 0.1) is 0 Å². The summed E-state index contributed by atoms with van der Waals surface area (Å²) in [4.78, 5) is 2.28. The Kier molecular flexibility index (Phi) is 1.63. The van der Waals surface area contributed by atoms with Gasteiger partial charge in [-0.15, -0.1) is 0 Å². The molecule has 0 aromatic heterocycles. The largest absolute Gasteiger partial charge is 0.298 e. The van der Waals surface area contributed by atoms with E-state index in [1.54, 1.807) is 0 Å². The average Bonchev–Trinajstić information content (AvgIpc) is 2.27. The minimum Gasteiger partial charge on any atom is -0.298 e. The van der Waals surface area contributed by atoms with Crippen LogP contribution in [-0.4, -0.2) is 11.9 Å². The Bertz CT molecular complexity index is 283. The van der Waals surface area contributed by atoms with Crippen molar-refractivity contribution in [3.05, 3.63) is 34.3 Å². The molecule has 2 rings (SSSR count). The maximum absolute atomic E-state index is 5.85. The molecule has 2 heteroatoms. The molecule has 1 nitrogen and oxygen atoms in total. The second-order valence-corrected chi connectivity index (χ2v) is 3.52. The number of hydrogen-bond donors (Lipinski definition) is 0. The van der Waals surface area contributed by atoms with E-state index in [0.717, 1.165) is 18.1 Å². The average molecular weight is 168 g/mol. The molecule has 1 heterocycles. The van der Waals surface area contributed by atoms with Crippen molar-refractivity contribution >= 4 is 11.6 Å². The van der Waals surface area contributed by atoms with Crippen LogP contribution in [0.15, 0.2) is 18.2 Å². The van der Waals surface area contributed by atoms with Crippen LogP contribution in [0.5, 0.6) is 0 Å². The molecule has 0 spiro atoms. The van der Waals surface area contributed by atoms with Crippen molar-refractivity contribution in [1.29, 1.82) is 0 Å². The fourth-order valence-electron chi connectivity index (χ4n) is 1.53. The molecular weight excluding hydrogens is 158 g/mol. The van der Waals surface area contributed by atoms with Crippen LogP contribution in [0.25, 0.3) is 0 Å². The molecule has 0 atom stereocenters. The molecule has 0 unspecified atom stereocenters. The van der Waals surface area contributed by atoms with Gasteiger partial charge in [-0.2, -0.15) is 0 Å². The summed E-state index contributed by atoms with van der Waals surface area (Å²) >= 11 is 5.85. The molecule has 0 aliphatic carbocycles. The maximum atomic E-state index is 5.85. The molecule has 1 aromatic carbocycles. The molecule has 0 N–H and O–H groups in total. The normalized spacial score (nSPS) is 16.9. The van der Waals surface area contributed by atoms with Crippen LogP contribution in [0.4, 0.5) is 0 Å². The van der Waals surface area contributed by atoms with Crippen LogP contribution in [0.2, 0.25) is 5.02 Å². The number of halogens is 1. The van der Waals surface area contributed by atoms with Gasteiger partial charge < -0.3 is 0 Å². The second-order valence-electron chi connectivity index (χ2n) is 3.09. The highest BCUT2D eigenvalue weighted by molar-refractivity contribution is 6.30. The third-order valence-corrected chi connectivity index (χ3v) is 2.28. The maximum Gasteiger partial charge on any atom is 0.0409 e. The summed E-state index contributed by atoms with van der Waals surface area (Å²) in [6.45, 7) is 2.10.